The Kier molecular flexibility index (Phi) is 10.2. The summed E-state index contributed by atoms with van der Waals surface area (Å²) in [5.41, 5.74) is 0.854. The zero-order chi connectivity index (χ0) is 22.6. The Hall–Kier alpha value is -2.74. The highest BCUT2D eigenvalue weighted by atomic mass is 19.1. The highest BCUT2D eigenvalue weighted by Gasteiger charge is 2.25. The Balaban J connectivity index is 2.05. The van der Waals surface area contributed by atoms with Gasteiger partial charge in [-0.3, -0.25) is 14.4 Å². The third-order valence-corrected chi connectivity index (χ3v) is 5.10. The summed E-state index contributed by atoms with van der Waals surface area (Å²) in [5.74, 6) is -2.19. The van der Waals surface area contributed by atoms with Crippen LogP contribution in [0.25, 0.3) is 0 Å². The lowest BCUT2D eigenvalue weighted by Crippen LogP contribution is -2.42. The Bertz CT molecular complexity index is 766. The minimum Gasteiger partial charge on any atom is -0.463 e. The molecule has 0 radical (unpaired) electrons. The van der Waals surface area contributed by atoms with Gasteiger partial charge in [-0.15, -0.1) is 0 Å². The first-order valence-electron chi connectivity index (χ1n) is 10.6. The van der Waals surface area contributed by atoms with Gasteiger partial charge in [0.05, 0.1) is 24.5 Å². The third kappa shape index (κ3) is 8.88. The first kappa shape index (κ1) is 24.5. The zero-order valence-electron chi connectivity index (χ0n) is 17.8. The van der Waals surface area contributed by atoms with Crippen LogP contribution in [0, 0.1) is 17.7 Å². The van der Waals surface area contributed by atoms with Crippen molar-refractivity contribution in [2.45, 2.75) is 45.1 Å². The largest absolute Gasteiger partial charge is 0.463 e. The van der Waals surface area contributed by atoms with E-state index in [1.807, 2.05) is 12.2 Å². The smallest absolute Gasteiger partial charge is 0.309 e. The van der Waals surface area contributed by atoms with Gasteiger partial charge in [0, 0.05) is 13.0 Å². The van der Waals surface area contributed by atoms with Crippen molar-refractivity contribution < 1.29 is 28.6 Å². The summed E-state index contributed by atoms with van der Waals surface area (Å²) in [6.07, 6.45) is 5.77. The van der Waals surface area contributed by atoms with Crippen LogP contribution in [0.2, 0.25) is 0 Å². The number of benzene rings is 1. The molecule has 1 heterocycles. The number of amides is 2. The molecular weight excluding hydrogens is 403 g/mol. The SMILES string of the molecule is C[C@@H]1COC(=O)[C@@H](Cc2ccc(F)cc2)CC/C=C\C[C@@H](CC(=O)NCCO)C(=O)N1. The van der Waals surface area contributed by atoms with Gasteiger partial charge in [0.2, 0.25) is 11.8 Å². The lowest BCUT2D eigenvalue weighted by molar-refractivity contribution is -0.150. The maximum atomic E-state index is 13.2. The van der Waals surface area contributed by atoms with Gasteiger partial charge in [-0.25, -0.2) is 4.39 Å². The summed E-state index contributed by atoms with van der Waals surface area (Å²) in [4.78, 5) is 37.2. The second-order valence-corrected chi connectivity index (χ2v) is 7.83. The van der Waals surface area contributed by atoms with E-state index in [1.165, 1.54) is 12.1 Å². The highest BCUT2D eigenvalue weighted by Crippen LogP contribution is 2.19. The molecule has 0 aromatic heterocycles. The van der Waals surface area contributed by atoms with Crippen molar-refractivity contribution in [2.75, 3.05) is 19.8 Å². The third-order valence-electron chi connectivity index (χ3n) is 5.10. The normalized spacial score (nSPS) is 24.0. The number of hydrogen-bond donors (Lipinski definition) is 3. The molecule has 3 atom stereocenters. The molecule has 0 saturated carbocycles. The number of esters is 1. The number of carbonyl (C=O) groups excluding carboxylic acids is 3. The lowest BCUT2D eigenvalue weighted by atomic mass is 9.94. The number of ether oxygens (including phenoxy) is 1. The van der Waals surface area contributed by atoms with E-state index in [-0.39, 0.29) is 55.7 Å². The molecule has 0 aliphatic carbocycles. The molecule has 1 aliphatic rings. The van der Waals surface area contributed by atoms with Gasteiger partial charge in [-0.1, -0.05) is 24.3 Å². The van der Waals surface area contributed by atoms with Gasteiger partial charge in [0.15, 0.2) is 0 Å². The summed E-state index contributed by atoms with van der Waals surface area (Å²) in [5, 5.41) is 14.2. The van der Waals surface area contributed by atoms with Crippen LogP contribution in [0.3, 0.4) is 0 Å². The molecule has 8 heteroatoms. The van der Waals surface area contributed by atoms with Crippen molar-refractivity contribution in [1.29, 1.82) is 0 Å². The van der Waals surface area contributed by atoms with Gasteiger partial charge in [0.25, 0.3) is 0 Å². The topological polar surface area (TPSA) is 105 Å². The first-order chi connectivity index (χ1) is 14.9. The molecule has 1 aliphatic heterocycles. The molecule has 1 aromatic carbocycles. The van der Waals surface area contributed by atoms with Crippen LogP contribution < -0.4 is 10.6 Å². The first-order valence-corrected chi connectivity index (χ1v) is 10.6. The van der Waals surface area contributed by atoms with Crippen molar-refractivity contribution in [3.05, 3.63) is 47.8 Å². The molecule has 1 aromatic rings. The number of cyclic esters (lactones) is 1. The lowest BCUT2D eigenvalue weighted by Gasteiger charge is -2.20. The minimum absolute atomic E-state index is 0.00979. The average molecular weight is 435 g/mol. The van der Waals surface area contributed by atoms with Crippen molar-refractivity contribution >= 4 is 17.8 Å². The predicted molar refractivity (Wildman–Crippen MR) is 113 cm³/mol. The summed E-state index contributed by atoms with van der Waals surface area (Å²) in [7, 11) is 0. The number of carbonyl (C=O) groups is 3. The van der Waals surface area contributed by atoms with E-state index in [4.69, 9.17) is 9.84 Å². The molecule has 7 nitrogen and oxygen atoms in total. The van der Waals surface area contributed by atoms with Crippen LogP contribution in [-0.4, -0.2) is 48.7 Å². The van der Waals surface area contributed by atoms with E-state index in [0.717, 1.165) is 5.56 Å². The molecule has 2 rings (SSSR count). The number of nitrogens with one attached hydrogen (secondary N) is 2. The standard InChI is InChI=1S/C23H31FN2O5/c1-16-15-31-23(30)19(13-17-7-9-20(24)10-8-17)6-4-2-3-5-18(22(29)26-16)14-21(28)25-11-12-27/h2-3,7-10,16,18-19,27H,4-6,11-15H2,1H3,(H,25,28)(H,26,29)/b3-2-/t16-,18+,19-/m1/s1. The van der Waals surface area contributed by atoms with Crippen LogP contribution in [0.4, 0.5) is 4.39 Å². The number of aliphatic hydroxyl groups is 1. The molecule has 0 fully saturated rings. The molecular formula is C23H31FN2O5. The van der Waals surface area contributed by atoms with E-state index in [9.17, 15) is 18.8 Å². The Morgan fingerprint density at radius 1 is 1.23 bits per heavy atom. The molecule has 0 saturated heterocycles. The van der Waals surface area contributed by atoms with Crippen LogP contribution in [0.1, 0.15) is 38.2 Å². The van der Waals surface area contributed by atoms with Crippen molar-refractivity contribution in [3.63, 3.8) is 0 Å². The molecule has 2 amide bonds. The second kappa shape index (κ2) is 12.8. The van der Waals surface area contributed by atoms with Crippen molar-refractivity contribution in [3.8, 4) is 0 Å². The molecule has 0 spiro atoms. The van der Waals surface area contributed by atoms with E-state index < -0.39 is 12.0 Å². The maximum Gasteiger partial charge on any atom is 0.309 e. The van der Waals surface area contributed by atoms with Gasteiger partial charge in [0.1, 0.15) is 12.4 Å². The molecule has 0 unspecified atom stereocenters. The van der Waals surface area contributed by atoms with E-state index >= 15 is 0 Å². The number of halogens is 1. The summed E-state index contributed by atoms with van der Waals surface area (Å²) in [6.45, 7) is 1.74. The van der Waals surface area contributed by atoms with E-state index in [2.05, 4.69) is 10.6 Å². The van der Waals surface area contributed by atoms with Crippen LogP contribution >= 0.6 is 0 Å². The minimum atomic E-state index is -0.552. The van der Waals surface area contributed by atoms with Gasteiger partial charge >= 0.3 is 5.97 Å². The van der Waals surface area contributed by atoms with Crippen molar-refractivity contribution in [2.24, 2.45) is 11.8 Å². The van der Waals surface area contributed by atoms with Crippen LogP contribution in [0.15, 0.2) is 36.4 Å². The average Bonchev–Trinajstić information content (AvgIpc) is 2.75. The van der Waals surface area contributed by atoms with Crippen LogP contribution in [0.5, 0.6) is 0 Å². The fourth-order valence-corrected chi connectivity index (χ4v) is 3.39. The van der Waals surface area contributed by atoms with Crippen LogP contribution in [-0.2, 0) is 25.5 Å². The van der Waals surface area contributed by atoms with Gasteiger partial charge in [-0.05, 0) is 50.3 Å². The number of rotatable bonds is 6. The Morgan fingerprint density at radius 3 is 2.68 bits per heavy atom. The van der Waals surface area contributed by atoms with Gasteiger partial charge in [-0.2, -0.15) is 0 Å². The highest BCUT2D eigenvalue weighted by molar-refractivity contribution is 5.86. The fourth-order valence-electron chi connectivity index (χ4n) is 3.39. The quantitative estimate of drug-likeness (QED) is 0.469. The zero-order valence-corrected chi connectivity index (χ0v) is 17.8. The van der Waals surface area contributed by atoms with Crippen molar-refractivity contribution in [1.82, 2.24) is 10.6 Å². The number of allylic oxidation sites excluding steroid dienone is 2. The Labute approximate surface area is 182 Å². The van der Waals surface area contributed by atoms with Gasteiger partial charge < -0.3 is 20.5 Å². The molecule has 31 heavy (non-hydrogen) atoms. The maximum absolute atomic E-state index is 13.2. The van der Waals surface area contributed by atoms with E-state index in [0.29, 0.717) is 25.7 Å². The monoisotopic (exact) mass is 434 g/mol. The number of aliphatic hydroxyl groups excluding tert-OH is 1. The number of hydrogen-bond acceptors (Lipinski definition) is 5. The predicted octanol–water partition coefficient (Wildman–Crippen LogP) is 1.89. The fraction of sp³-hybridized carbons (Fsp3) is 0.522. The summed E-state index contributed by atoms with van der Waals surface area (Å²) in [6, 6.07) is 5.66. The van der Waals surface area contributed by atoms with E-state index in [1.54, 1.807) is 19.1 Å². The molecule has 170 valence electrons. The molecule has 3 N–H and O–H groups in total. The summed E-state index contributed by atoms with van der Waals surface area (Å²) >= 11 is 0. The Morgan fingerprint density at radius 2 is 1.97 bits per heavy atom. The summed E-state index contributed by atoms with van der Waals surface area (Å²) < 4.78 is 18.6. The molecule has 0 bridgehead atoms. The second-order valence-electron chi connectivity index (χ2n) is 7.83.